The molecule has 0 fully saturated rings. The molecule has 0 amide bonds. The van der Waals surface area contributed by atoms with Gasteiger partial charge in [0.1, 0.15) is 11.2 Å². The zero-order valence-corrected chi connectivity index (χ0v) is 25.3. The molecule has 0 atom stereocenters. The van der Waals surface area contributed by atoms with Crippen molar-refractivity contribution in [3.05, 3.63) is 164 Å². The molecule has 2 aromatic heterocycles. The van der Waals surface area contributed by atoms with Crippen LogP contribution in [0.3, 0.4) is 0 Å². The van der Waals surface area contributed by atoms with E-state index in [9.17, 15) is 0 Å². The maximum Gasteiger partial charge on any atom is 0.164 e. The van der Waals surface area contributed by atoms with Crippen molar-refractivity contribution < 1.29 is 4.42 Å². The molecule has 4 nitrogen and oxygen atoms in total. The molecule has 9 rings (SSSR count). The minimum atomic E-state index is 0.605. The maximum atomic E-state index is 6.62. The molecular weight excluding hydrogens is 574 g/mol. The third kappa shape index (κ3) is 4.84. The van der Waals surface area contributed by atoms with Crippen molar-refractivity contribution in [1.82, 2.24) is 15.0 Å². The highest BCUT2D eigenvalue weighted by Gasteiger charge is 2.19. The lowest BCUT2D eigenvalue weighted by molar-refractivity contribution is 0.670. The molecule has 0 saturated heterocycles. The van der Waals surface area contributed by atoms with E-state index >= 15 is 0 Å². The van der Waals surface area contributed by atoms with Gasteiger partial charge in [-0.05, 0) is 39.6 Å². The molecule has 0 bridgehead atoms. The number of furan rings is 1. The van der Waals surface area contributed by atoms with Crippen molar-refractivity contribution in [2.24, 2.45) is 0 Å². The molecule has 0 unspecified atom stereocenters. The van der Waals surface area contributed by atoms with Crippen LogP contribution in [0.25, 0.3) is 89.1 Å². The van der Waals surface area contributed by atoms with Crippen molar-refractivity contribution in [2.45, 2.75) is 0 Å². The standard InChI is InChI=1S/C43H27N3O/c1-3-11-28(12-4-1)30-21-24-31(25-22-30)35-17-9-18-36-39-37(19-10-20-38(39)47-40(35)36)43-45-41(32-14-5-2-6-15-32)44-42(46-43)34-26-23-29-13-7-8-16-33(29)27-34/h1-27H. The summed E-state index contributed by atoms with van der Waals surface area (Å²) in [5.41, 5.74) is 8.93. The molecule has 2 heterocycles. The molecule has 0 aliphatic carbocycles. The Hall–Kier alpha value is -6.39. The summed E-state index contributed by atoms with van der Waals surface area (Å²) in [7, 11) is 0. The van der Waals surface area contributed by atoms with E-state index in [1.807, 2.05) is 48.5 Å². The summed E-state index contributed by atoms with van der Waals surface area (Å²) in [6.45, 7) is 0. The van der Waals surface area contributed by atoms with Crippen molar-refractivity contribution in [3.63, 3.8) is 0 Å². The van der Waals surface area contributed by atoms with Gasteiger partial charge in [-0.25, -0.2) is 15.0 Å². The van der Waals surface area contributed by atoms with Crippen molar-refractivity contribution >= 4 is 32.7 Å². The normalized spacial score (nSPS) is 11.4. The molecule has 47 heavy (non-hydrogen) atoms. The smallest absolute Gasteiger partial charge is 0.164 e. The molecule has 0 radical (unpaired) electrons. The van der Waals surface area contributed by atoms with Crippen LogP contribution in [0.2, 0.25) is 0 Å². The van der Waals surface area contributed by atoms with Gasteiger partial charge in [0.15, 0.2) is 17.5 Å². The molecule has 0 aliphatic heterocycles. The third-order valence-electron chi connectivity index (χ3n) is 8.74. The summed E-state index contributed by atoms with van der Waals surface area (Å²) in [6.07, 6.45) is 0. The third-order valence-corrected chi connectivity index (χ3v) is 8.74. The number of rotatable bonds is 5. The Morgan fingerprint density at radius 1 is 0.362 bits per heavy atom. The van der Waals surface area contributed by atoms with E-state index in [2.05, 4.69) is 115 Å². The van der Waals surface area contributed by atoms with Gasteiger partial charge >= 0.3 is 0 Å². The Labute approximate surface area is 271 Å². The zero-order chi connectivity index (χ0) is 31.2. The quantitative estimate of drug-likeness (QED) is 0.197. The number of hydrogen-bond donors (Lipinski definition) is 0. The lowest BCUT2D eigenvalue weighted by Gasteiger charge is -2.10. The van der Waals surface area contributed by atoms with Gasteiger partial charge in [0.2, 0.25) is 0 Å². The minimum absolute atomic E-state index is 0.605. The van der Waals surface area contributed by atoms with Gasteiger partial charge in [-0.2, -0.15) is 0 Å². The number of aromatic nitrogens is 3. The summed E-state index contributed by atoms with van der Waals surface area (Å²) >= 11 is 0. The number of nitrogens with zero attached hydrogens (tertiary/aromatic N) is 3. The summed E-state index contributed by atoms with van der Waals surface area (Å²) < 4.78 is 6.62. The lowest BCUT2D eigenvalue weighted by Crippen LogP contribution is -2.00. The van der Waals surface area contributed by atoms with Crippen LogP contribution in [-0.4, -0.2) is 15.0 Å². The van der Waals surface area contributed by atoms with E-state index in [0.29, 0.717) is 17.5 Å². The summed E-state index contributed by atoms with van der Waals surface area (Å²) in [4.78, 5) is 15.1. The second-order valence-corrected chi connectivity index (χ2v) is 11.6. The molecule has 9 aromatic rings. The van der Waals surface area contributed by atoms with Crippen LogP contribution >= 0.6 is 0 Å². The number of para-hydroxylation sites is 1. The van der Waals surface area contributed by atoms with Crippen LogP contribution in [0.15, 0.2) is 168 Å². The van der Waals surface area contributed by atoms with Gasteiger partial charge in [-0.15, -0.1) is 0 Å². The topological polar surface area (TPSA) is 51.8 Å². The number of benzene rings is 7. The largest absolute Gasteiger partial charge is 0.455 e. The second-order valence-electron chi connectivity index (χ2n) is 11.6. The molecule has 0 aliphatic rings. The van der Waals surface area contributed by atoms with Crippen LogP contribution in [0.4, 0.5) is 0 Å². The van der Waals surface area contributed by atoms with Gasteiger partial charge in [0, 0.05) is 33.0 Å². The van der Waals surface area contributed by atoms with Crippen molar-refractivity contribution in [2.75, 3.05) is 0 Å². The fourth-order valence-corrected chi connectivity index (χ4v) is 6.40. The fraction of sp³-hybridized carbons (Fsp3) is 0. The summed E-state index contributed by atoms with van der Waals surface area (Å²) in [6, 6.07) is 56.3. The van der Waals surface area contributed by atoms with E-state index in [1.165, 1.54) is 16.5 Å². The van der Waals surface area contributed by atoms with E-state index in [-0.39, 0.29) is 0 Å². The molecule has 7 aromatic carbocycles. The van der Waals surface area contributed by atoms with Crippen LogP contribution in [0.1, 0.15) is 0 Å². The molecule has 0 saturated carbocycles. The van der Waals surface area contributed by atoms with Gasteiger partial charge in [0.05, 0.1) is 0 Å². The predicted octanol–water partition coefficient (Wildman–Crippen LogP) is 11.3. The van der Waals surface area contributed by atoms with Crippen LogP contribution in [0, 0.1) is 0 Å². The maximum absolute atomic E-state index is 6.62. The van der Waals surface area contributed by atoms with Crippen molar-refractivity contribution in [1.29, 1.82) is 0 Å². The highest BCUT2D eigenvalue weighted by atomic mass is 16.3. The average molecular weight is 602 g/mol. The number of fused-ring (bicyclic) bond motifs is 4. The van der Waals surface area contributed by atoms with Gasteiger partial charge in [0.25, 0.3) is 0 Å². The Kier molecular flexibility index (Phi) is 6.43. The average Bonchev–Trinajstić information content (AvgIpc) is 3.55. The van der Waals surface area contributed by atoms with E-state index in [1.54, 1.807) is 0 Å². The predicted molar refractivity (Wildman–Crippen MR) is 192 cm³/mol. The Bertz CT molecular complexity index is 2550. The molecule has 0 N–H and O–H groups in total. The first-order valence-electron chi connectivity index (χ1n) is 15.7. The fourth-order valence-electron chi connectivity index (χ4n) is 6.40. The van der Waals surface area contributed by atoms with Crippen molar-refractivity contribution in [3.8, 4) is 56.4 Å². The minimum Gasteiger partial charge on any atom is -0.455 e. The second kappa shape index (κ2) is 11.2. The van der Waals surface area contributed by atoms with Gasteiger partial charge in [-0.3, -0.25) is 0 Å². The SMILES string of the molecule is c1ccc(-c2ccc(-c3cccc4c3oc3cccc(-c5nc(-c6ccccc6)nc(-c6ccc7ccccc7c6)n5)c34)cc2)cc1. The molecule has 4 heteroatoms. The first kappa shape index (κ1) is 27.0. The molecular formula is C43H27N3O. The van der Waals surface area contributed by atoms with Gasteiger partial charge < -0.3 is 4.42 Å². The Morgan fingerprint density at radius 3 is 1.72 bits per heavy atom. The highest BCUT2D eigenvalue weighted by Crippen LogP contribution is 2.40. The van der Waals surface area contributed by atoms with Crippen LogP contribution in [0.5, 0.6) is 0 Å². The Morgan fingerprint density at radius 2 is 0.936 bits per heavy atom. The molecule has 0 spiro atoms. The van der Waals surface area contributed by atoms with Gasteiger partial charge in [-0.1, -0.05) is 152 Å². The summed E-state index contributed by atoms with van der Waals surface area (Å²) in [5.74, 6) is 1.86. The number of hydrogen-bond acceptors (Lipinski definition) is 4. The lowest BCUT2D eigenvalue weighted by atomic mass is 9.98. The van der Waals surface area contributed by atoms with E-state index in [4.69, 9.17) is 19.4 Å². The van der Waals surface area contributed by atoms with Crippen LogP contribution in [-0.2, 0) is 0 Å². The van der Waals surface area contributed by atoms with E-state index < -0.39 is 0 Å². The van der Waals surface area contributed by atoms with Crippen LogP contribution < -0.4 is 0 Å². The molecule has 220 valence electrons. The zero-order valence-electron chi connectivity index (χ0n) is 25.3. The monoisotopic (exact) mass is 601 g/mol. The summed E-state index contributed by atoms with van der Waals surface area (Å²) in [5, 5.41) is 4.32. The Balaban J connectivity index is 1.22. The first-order valence-corrected chi connectivity index (χ1v) is 15.7. The first-order chi connectivity index (χ1) is 23.3. The van der Waals surface area contributed by atoms with E-state index in [0.717, 1.165) is 55.1 Å². The highest BCUT2D eigenvalue weighted by molar-refractivity contribution is 6.15.